The molecule has 7 heteroatoms. The van der Waals surface area contributed by atoms with Crippen molar-refractivity contribution >= 4 is 21.9 Å². The van der Waals surface area contributed by atoms with Crippen molar-refractivity contribution in [1.82, 2.24) is 15.0 Å². The van der Waals surface area contributed by atoms with Gasteiger partial charge in [0.2, 0.25) is 0 Å². The first-order chi connectivity index (χ1) is 11.0. The minimum atomic E-state index is -1.17. The van der Waals surface area contributed by atoms with Gasteiger partial charge in [-0.3, -0.25) is 0 Å². The summed E-state index contributed by atoms with van der Waals surface area (Å²) >= 11 is 3.36. The number of carboxylic acid groups (broad SMARTS) is 1. The van der Waals surface area contributed by atoms with Crippen LogP contribution in [0.15, 0.2) is 53.0 Å². The molecule has 23 heavy (non-hydrogen) atoms. The Bertz CT molecular complexity index is 845. The molecule has 0 fully saturated rings. The highest BCUT2D eigenvalue weighted by molar-refractivity contribution is 9.10. The van der Waals surface area contributed by atoms with E-state index < -0.39 is 11.8 Å². The number of carboxylic acids is 1. The van der Waals surface area contributed by atoms with Crippen LogP contribution < -0.4 is 0 Å². The number of hydrogen-bond acceptors (Lipinski definition) is 3. The minimum Gasteiger partial charge on any atom is -0.476 e. The molecule has 1 N–H and O–H groups in total. The molecule has 5 nitrogen and oxygen atoms in total. The van der Waals surface area contributed by atoms with Gasteiger partial charge < -0.3 is 5.11 Å². The first-order valence-electron chi connectivity index (χ1n) is 6.72. The van der Waals surface area contributed by atoms with Gasteiger partial charge in [0.15, 0.2) is 5.69 Å². The van der Waals surface area contributed by atoms with Crippen LogP contribution in [-0.2, 0) is 6.54 Å². The number of hydrogen-bond donors (Lipinski definition) is 1. The maximum Gasteiger partial charge on any atom is 0.358 e. The normalized spacial score (nSPS) is 10.7. The van der Waals surface area contributed by atoms with E-state index in [9.17, 15) is 14.3 Å². The average Bonchev–Trinajstić information content (AvgIpc) is 2.94. The van der Waals surface area contributed by atoms with Crippen molar-refractivity contribution in [1.29, 1.82) is 0 Å². The average molecular weight is 376 g/mol. The zero-order valence-corrected chi connectivity index (χ0v) is 13.4. The summed E-state index contributed by atoms with van der Waals surface area (Å²) in [5, 5.41) is 17.0. The van der Waals surface area contributed by atoms with Crippen molar-refractivity contribution in [2.24, 2.45) is 0 Å². The lowest BCUT2D eigenvalue weighted by atomic mass is 10.1. The van der Waals surface area contributed by atoms with Gasteiger partial charge in [-0.25, -0.2) is 13.9 Å². The second-order valence-corrected chi connectivity index (χ2v) is 5.80. The largest absolute Gasteiger partial charge is 0.476 e. The van der Waals surface area contributed by atoms with Gasteiger partial charge >= 0.3 is 5.97 Å². The number of carbonyl (C=O) groups is 1. The fourth-order valence-electron chi connectivity index (χ4n) is 2.22. The molecule has 1 aromatic heterocycles. The van der Waals surface area contributed by atoms with Crippen LogP contribution in [0.4, 0.5) is 4.39 Å². The van der Waals surface area contributed by atoms with Crippen molar-refractivity contribution in [3.8, 4) is 11.3 Å². The lowest BCUT2D eigenvalue weighted by molar-refractivity contribution is 0.0691. The zero-order chi connectivity index (χ0) is 16.4. The molecule has 3 rings (SSSR count). The number of aromatic carboxylic acids is 1. The number of halogens is 2. The Labute approximate surface area is 139 Å². The molecule has 0 bridgehead atoms. The predicted molar refractivity (Wildman–Crippen MR) is 85.6 cm³/mol. The van der Waals surface area contributed by atoms with E-state index in [2.05, 4.69) is 26.2 Å². The second kappa shape index (κ2) is 6.29. The lowest BCUT2D eigenvalue weighted by Gasteiger charge is -2.08. The molecule has 0 amide bonds. The summed E-state index contributed by atoms with van der Waals surface area (Å²) in [4.78, 5) is 11.4. The van der Waals surface area contributed by atoms with E-state index in [-0.39, 0.29) is 5.69 Å². The Balaban J connectivity index is 2.05. The third-order valence-electron chi connectivity index (χ3n) is 3.30. The molecule has 0 saturated heterocycles. The van der Waals surface area contributed by atoms with Crippen LogP contribution >= 0.6 is 15.9 Å². The topological polar surface area (TPSA) is 68.0 Å². The number of benzene rings is 2. The van der Waals surface area contributed by atoms with Gasteiger partial charge in [0, 0.05) is 10.0 Å². The molecular formula is C16H11BrFN3O2. The van der Waals surface area contributed by atoms with Gasteiger partial charge in [-0.05, 0) is 42.0 Å². The van der Waals surface area contributed by atoms with E-state index in [4.69, 9.17) is 0 Å². The van der Waals surface area contributed by atoms with Crippen molar-refractivity contribution in [3.05, 3.63) is 70.1 Å². The molecule has 0 radical (unpaired) electrons. The monoisotopic (exact) mass is 375 g/mol. The molecule has 0 aliphatic carbocycles. The minimum absolute atomic E-state index is 0.159. The Kier molecular flexibility index (Phi) is 4.20. The van der Waals surface area contributed by atoms with Gasteiger partial charge in [0.25, 0.3) is 0 Å². The van der Waals surface area contributed by atoms with Crippen LogP contribution in [0, 0.1) is 5.82 Å². The van der Waals surface area contributed by atoms with Crippen molar-refractivity contribution in [3.63, 3.8) is 0 Å². The molecule has 0 atom stereocenters. The van der Waals surface area contributed by atoms with Crippen LogP contribution in [0.3, 0.4) is 0 Å². The van der Waals surface area contributed by atoms with Gasteiger partial charge in [-0.1, -0.05) is 33.3 Å². The summed E-state index contributed by atoms with van der Waals surface area (Å²) in [6.07, 6.45) is 0. The second-order valence-electron chi connectivity index (χ2n) is 4.88. The van der Waals surface area contributed by atoms with E-state index in [0.29, 0.717) is 17.8 Å². The fourth-order valence-corrected chi connectivity index (χ4v) is 2.49. The summed E-state index contributed by atoms with van der Waals surface area (Å²) < 4.78 is 15.6. The van der Waals surface area contributed by atoms with Crippen LogP contribution in [0.25, 0.3) is 11.3 Å². The Hall–Kier alpha value is -2.54. The molecule has 3 aromatic rings. The molecule has 0 spiro atoms. The molecule has 0 unspecified atom stereocenters. The van der Waals surface area contributed by atoms with E-state index in [1.807, 2.05) is 24.3 Å². The summed E-state index contributed by atoms with van der Waals surface area (Å²) in [5.41, 5.74) is 1.68. The SMILES string of the molecule is O=C(O)c1nnn(Cc2ccc(Br)cc2)c1-c1ccc(F)cc1. The summed E-state index contributed by atoms with van der Waals surface area (Å²) in [5.74, 6) is -1.57. The predicted octanol–water partition coefficient (Wildman–Crippen LogP) is 3.59. The third kappa shape index (κ3) is 3.29. The summed E-state index contributed by atoms with van der Waals surface area (Å²) in [6, 6.07) is 13.2. The zero-order valence-electron chi connectivity index (χ0n) is 11.8. The third-order valence-corrected chi connectivity index (χ3v) is 3.83. The first kappa shape index (κ1) is 15.4. The van der Waals surface area contributed by atoms with Gasteiger partial charge in [-0.2, -0.15) is 0 Å². The van der Waals surface area contributed by atoms with Crippen molar-refractivity contribution in [2.45, 2.75) is 6.54 Å². The smallest absolute Gasteiger partial charge is 0.358 e. The quantitative estimate of drug-likeness (QED) is 0.756. The maximum absolute atomic E-state index is 13.1. The van der Waals surface area contributed by atoms with Crippen LogP contribution in [-0.4, -0.2) is 26.1 Å². The molecule has 0 saturated carbocycles. The summed E-state index contributed by atoms with van der Waals surface area (Å²) in [6.45, 7) is 0.361. The fraction of sp³-hybridized carbons (Fsp3) is 0.0625. The number of rotatable bonds is 4. The van der Waals surface area contributed by atoms with Crippen LogP contribution in [0.2, 0.25) is 0 Å². The van der Waals surface area contributed by atoms with E-state index in [0.717, 1.165) is 10.0 Å². The number of nitrogens with zero attached hydrogens (tertiary/aromatic N) is 3. The highest BCUT2D eigenvalue weighted by Gasteiger charge is 2.20. The van der Waals surface area contributed by atoms with Crippen LogP contribution in [0.5, 0.6) is 0 Å². The highest BCUT2D eigenvalue weighted by Crippen LogP contribution is 2.24. The Morgan fingerprint density at radius 2 is 1.78 bits per heavy atom. The molecule has 0 aliphatic rings. The highest BCUT2D eigenvalue weighted by atomic mass is 79.9. The molecule has 1 heterocycles. The van der Waals surface area contributed by atoms with Crippen molar-refractivity contribution in [2.75, 3.05) is 0 Å². The molecular weight excluding hydrogens is 365 g/mol. The van der Waals surface area contributed by atoms with Crippen LogP contribution in [0.1, 0.15) is 16.1 Å². The maximum atomic E-state index is 13.1. The standard InChI is InChI=1S/C16H11BrFN3O2/c17-12-5-1-10(2-6-12)9-21-15(14(16(22)23)19-20-21)11-3-7-13(18)8-4-11/h1-8H,9H2,(H,22,23). The molecule has 2 aromatic carbocycles. The van der Waals surface area contributed by atoms with Gasteiger partial charge in [-0.15, -0.1) is 5.10 Å². The Morgan fingerprint density at radius 3 is 2.39 bits per heavy atom. The molecule has 0 aliphatic heterocycles. The van der Waals surface area contributed by atoms with Gasteiger partial charge in [0.1, 0.15) is 11.5 Å². The molecule has 116 valence electrons. The Morgan fingerprint density at radius 1 is 1.13 bits per heavy atom. The van der Waals surface area contributed by atoms with Gasteiger partial charge in [0.05, 0.1) is 6.54 Å². The van der Waals surface area contributed by atoms with Crippen molar-refractivity contribution < 1.29 is 14.3 Å². The van der Waals surface area contributed by atoms with E-state index >= 15 is 0 Å². The first-order valence-corrected chi connectivity index (χ1v) is 7.51. The lowest BCUT2D eigenvalue weighted by Crippen LogP contribution is -2.06. The summed E-state index contributed by atoms with van der Waals surface area (Å²) in [7, 11) is 0. The van der Waals surface area contributed by atoms with E-state index in [1.54, 1.807) is 0 Å². The van der Waals surface area contributed by atoms with E-state index in [1.165, 1.54) is 28.9 Å². The number of aromatic nitrogens is 3.